The Balaban J connectivity index is 0.000000385. The highest BCUT2D eigenvalue weighted by molar-refractivity contribution is 7.88. The Kier molecular flexibility index (Phi) is 5.07. The SMILES string of the molecule is CS(N)(=O)=O.Cc1ccc(S(=O)(=O)O)cc1. The van der Waals surface area contributed by atoms with Crippen molar-refractivity contribution < 1.29 is 21.4 Å². The highest BCUT2D eigenvalue weighted by Crippen LogP contribution is 2.08. The van der Waals surface area contributed by atoms with Gasteiger partial charge in [-0.3, -0.25) is 4.55 Å². The molecule has 0 atom stereocenters. The largest absolute Gasteiger partial charge is 0.294 e. The average molecular weight is 267 g/mol. The Hall–Kier alpha value is -0.960. The number of primary sulfonamides is 1. The third-order valence-electron chi connectivity index (χ3n) is 1.32. The number of hydrogen-bond donors (Lipinski definition) is 2. The fourth-order valence-electron chi connectivity index (χ4n) is 0.710. The lowest BCUT2D eigenvalue weighted by Gasteiger charge is -1.95. The maximum Gasteiger partial charge on any atom is 0.294 e. The first-order valence-corrected chi connectivity index (χ1v) is 7.41. The number of rotatable bonds is 1. The molecule has 0 radical (unpaired) electrons. The van der Waals surface area contributed by atoms with Gasteiger partial charge in [0.2, 0.25) is 10.0 Å². The van der Waals surface area contributed by atoms with Crippen LogP contribution in [0.5, 0.6) is 0 Å². The lowest BCUT2D eigenvalue weighted by molar-refractivity contribution is 0.483. The first kappa shape index (κ1) is 15.0. The maximum absolute atomic E-state index is 10.5. The van der Waals surface area contributed by atoms with Gasteiger partial charge >= 0.3 is 0 Å². The normalized spacial score (nSPS) is 11.5. The van der Waals surface area contributed by atoms with E-state index in [4.69, 9.17) is 4.55 Å². The minimum Gasteiger partial charge on any atom is -0.282 e. The standard InChI is InChI=1S/C7H8O3S.CH5NO2S/c1-6-2-4-7(5-3-6)11(8,9)10;1-5(2,3)4/h2-5H,1H3,(H,8,9,10);1H3,(H2,2,3,4). The summed E-state index contributed by atoms with van der Waals surface area (Å²) >= 11 is 0. The Morgan fingerprint density at radius 1 is 1.06 bits per heavy atom. The summed E-state index contributed by atoms with van der Waals surface area (Å²) in [5.74, 6) is 0. The van der Waals surface area contributed by atoms with Crippen molar-refractivity contribution in [3.8, 4) is 0 Å². The molecule has 8 heteroatoms. The quantitative estimate of drug-likeness (QED) is 0.703. The summed E-state index contributed by atoms with van der Waals surface area (Å²) in [6.45, 7) is 1.84. The molecule has 1 rings (SSSR count). The molecule has 0 unspecified atom stereocenters. The summed E-state index contributed by atoms with van der Waals surface area (Å²) in [6, 6.07) is 5.99. The average Bonchev–Trinajstić information content (AvgIpc) is 1.99. The molecule has 0 fully saturated rings. The third-order valence-corrected chi connectivity index (χ3v) is 2.19. The van der Waals surface area contributed by atoms with Crippen molar-refractivity contribution in [3.05, 3.63) is 29.8 Å². The highest BCUT2D eigenvalue weighted by atomic mass is 32.2. The first-order chi connectivity index (χ1) is 7.00. The van der Waals surface area contributed by atoms with Gasteiger partial charge in [0.25, 0.3) is 10.1 Å². The molecular formula is C8H13NO5S2. The molecule has 0 aromatic heterocycles. The van der Waals surface area contributed by atoms with Crippen LogP contribution in [0.4, 0.5) is 0 Å². The van der Waals surface area contributed by atoms with Crippen molar-refractivity contribution in [1.29, 1.82) is 0 Å². The molecule has 0 amide bonds. The van der Waals surface area contributed by atoms with Crippen LogP contribution in [0, 0.1) is 6.92 Å². The van der Waals surface area contributed by atoms with Crippen molar-refractivity contribution in [2.24, 2.45) is 5.14 Å². The zero-order valence-corrected chi connectivity index (χ0v) is 10.4. The first-order valence-electron chi connectivity index (χ1n) is 4.02. The van der Waals surface area contributed by atoms with Gasteiger partial charge in [-0.15, -0.1) is 0 Å². The number of sulfonamides is 1. The third kappa shape index (κ3) is 8.36. The van der Waals surface area contributed by atoms with Gasteiger partial charge in [0.05, 0.1) is 11.2 Å². The van der Waals surface area contributed by atoms with Gasteiger partial charge in [0, 0.05) is 0 Å². The second kappa shape index (κ2) is 5.39. The summed E-state index contributed by atoms with van der Waals surface area (Å²) in [7, 11) is -7.19. The van der Waals surface area contributed by atoms with Crippen LogP contribution in [-0.4, -0.2) is 27.6 Å². The molecule has 0 spiro atoms. The van der Waals surface area contributed by atoms with E-state index in [1.54, 1.807) is 12.1 Å². The van der Waals surface area contributed by atoms with Crippen LogP contribution in [0.2, 0.25) is 0 Å². The Morgan fingerprint density at radius 2 is 1.38 bits per heavy atom. The number of aryl methyl sites for hydroxylation is 1. The van der Waals surface area contributed by atoms with E-state index in [1.165, 1.54) is 12.1 Å². The monoisotopic (exact) mass is 267 g/mol. The van der Waals surface area contributed by atoms with Gasteiger partial charge in [0.1, 0.15) is 0 Å². The fraction of sp³-hybridized carbons (Fsp3) is 0.250. The van der Waals surface area contributed by atoms with Crippen LogP contribution in [0.15, 0.2) is 29.2 Å². The van der Waals surface area contributed by atoms with Crippen LogP contribution in [0.1, 0.15) is 5.56 Å². The van der Waals surface area contributed by atoms with Gasteiger partial charge in [-0.1, -0.05) is 17.7 Å². The van der Waals surface area contributed by atoms with Gasteiger partial charge in [-0.25, -0.2) is 13.6 Å². The van der Waals surface area contributed by atoms with E-state index in [9.17, 15) is 16.8 Å². The van der Waals surface area contributed by atoms with Crippen molar-refractivity contribution in [1.82, 2.24) is 0 Å². The molecular weight excluding hydrogens is 254 g/mol. The van der Waals surface area contributed by atoms with E-state index in [0.29, 0.717) is 0 Å². The predicted molar refractivity (Wildman–Crippen MR) is 60.0 cm³/mol. The lowest BCUT2D eigenvalue weighted by atomic mass is 10.2. The summed E-state index contributed by atoms with van der Waals surface area (Å²) in [4.78, 5) is -0.0666. The van der Waals surface area contributed by atoms with Crippen molar-refractivity contribution >= 4 is 20.1 Å². The van der Waals surface area contributed by atoms with Crippen molar-refractivity contribution in [3.63, 3.8) is 0 Å². The van der Waals surface area contributed by atoms with Crippen LogP contribution in [-0.2, 0) is 20.1 Å². The second-order valence-electron chi connectivity index (χ2n) is 3.12. The van der Waals surface area contributed by atoms with E-state index in [1.807, 2.05) is 6.92 Å². The predicted octanol–water partition coefficient (Wildman–Crippen LogP) is 0.146. The molecule has 6 nitrogen and oxygen atoms in total. The lowest BCUT2D eigenvalue weighted by Crippen LogP contribution is -2.07. The molecule has 16 heavy (non-hydrogen) atoms. The molecule has 0 aliphatic carbocycles. The smallest absolute Gasteiger partial charge is 0.282 e. The molecule has 0 saturated carbocycles. The number of nitrogens with two attached hydrogens (primary N) is 1. The molecule has 0 aliphatic heterocycles. The summed E-state index contributed by atoms with van der Waals surface area (Å²) in [5, 5.41) is 4.33. The number of benzene rings is 1. The van der Waals surface area contributed by atoms with E-state index in [2.05, 4.69) is 5.14 Å². The maximum atomic E-state index is 10.5. The highest BCUT2D eigenvalue weighted by Gasteiger charge is 2.06. The minimum absolute atomic E-state index is 0.0666. The molecule has 1 aromatic carbocycles. The summed E-state index contributed by atoms with van der Waals surface area (Å²) in [5.41, 5.74) is 0.956. The van der Waals surface area contributed by atoms with Gasteiger partial charge < -0.3 is 0 Å². The van der Waals surface area contributed by atoms with Crippen LogP contribution in [0.25, 0.3) is 0 Å². The zero-order valence-electron chi connectivity index (χ0n) is 8.78. The summed E-state index contributed by atoms with van der Waals surface area (Å²) in [6.07, 6.45) is 0.938. The van der Waals surface area contributed by atoms with E-state index in [-0.39, 0.29) is 4.90 Å². The Labute approximate surface area is 94.9 Å². The van der Waals surface area contributed by atoms with Gasteiger partial charge in [-0.2, -0.15) is 8.42 Å². The van der Waals surface area contributed by atoms with Crippen molar-refractivity contribution in [2.45, 2.75) is 11.8 Å². The topological polar surface area (TPSA) is 115 Å². The van der Waals surface area contributed by atoms with Crippen LogP contribution >= 0.6 is 0 Å². The van der Waals surface area contributed by atoms with Gasteiger partial charge in [-0.05, 0) is 19.1 Å². The molecule has 92 valence electrons. The van der Waals surface area contributed by atoms with E-state index < -0.39 is 20.1 Å². The summed E-state index contributed by atoms with van der Waals surface area (Å²) < 4.78 is 48.4. The van der Waals surface area contributed by atoms with Crippen LogP contribution in [0.3, 0.4) is 0 Å². The van der Waals surface area contributed by atoms with Crippen LogP contribution < -0.4 is 5.14 Å². The molecule has 0 heterocycles. The molecule has 0 saturated heterocycles. The molecule has 0 bridgehead atoms. The molecule has 3 N–H and O–H groups in total. The molecule has 0 aliphatic rings. The number of hydrogen-bond acceptors (Lipinski definition) is 4. The van der Waals surface area contributed by atoms with E-state index in [0.717, 1.165) is 11.8 Å². The van der Waals surface area contributed by atoms with Crippen molar-refractivity contribution in [2.75, 3.05) is 6.26 Å². The molecule has 1 aromatic rings. The zero-order chi connectivity index (χ0) is 13.0. The fourth-order valence-corrected chi connectivity index (χ4v) is 1.19. The Morgan fingerprint density at radius 3 is 1.62 bits per heavy atom. The second-order valence-corrected chi connectivity index (χ2v) is 6.20. The Bertz CT molecular complexity index is 522. The van der Waals surface area contributed by atoms with E-state index >= 15 is 0 Å². The minimum atomic E-state index is -4.02. The van der Waals surface area contributed by atoms with Gasteiger partial charge in [0.15, 0.2) is 0 Å².